The second-order valence-corrected chi connectivity index (χ2v) is 28.3. The molecule has 0 saturated heterocycles. The summed E-state index contributed by atoms with van der Waals surface area (Å²) in [5.74, 6) is -1.44. The Morgan fingerprint density at radius 3 is 0.773 bits per heavy atom. The maximum Gasteiger partial charge on any atom is 0.472 e. The highest BCUT2D eigenvalue weighted by atomic mass is 31.2. The van der Waals surface area contributed by atoms with Gasteiger partial charge in [0.1, 0.15) is 19.3 Å². The molecule has 0 aliphatic rings. The molecule has 0 amide bonds. The number of hydrogen-bond donors (Lipinski definition) is 3. The molecule has 5 atom stereocenters. The zero-order valence-corrected chi connectivity index (χ0v) is 58.6. The molecule has 0 spiro atoms. The Labute approximate surface area is 537 Å². The Morgan fingerprint density at radius 2 is 0.523 bits per heavy atom. The van der Waals surface area contributed by atoms with E-state index >= 15 is 0 Å². The van der Waals surface area contributed by atoms with Crippen molar-refractivity contribution >= 4 is 39.5 Å². The molecule has 0 aliphatic heterocycles. The van der Waals surface area contributed by atoms with Gasteiger partial charge < -0.3 is 33.8 Å². The summed E-state index contributed by atoms with van der Waals surface area (Å²) < 4.78 is 68.2. The third-order valence-electron chi connectivity index (χ3n) is 16.0. The monoisotopic (exact) mass is 1300 g/mol. The Balaban J connectivity index is 5.23. The molecule has 0 radical (unpaired) electrons. The van der Waals surface area contributed by atoms with E-state index in [0.29, 0.717) is 31.6 Å². The number of carbonyl (C=O) groups excluding carboxylic acids is 4. The normalized spacial score (nSPS) is 14.1. The molecule has 0 bridgehead atoms. The highest BCUT2D eigenvalue weighted by molar-refractivity contribution is 7.47. The fourth-order valence-corrected chi connectivity index (χ4v) is 12.0. The van der Waals surface area contributed by atoms with Crippen LogP contribution in [0.1, 0.15) is 356 Å². The number of esters is 4. The van der Waals surface area contributed by atoms with Crippen LogP contribution in [0.2, 0.25) is 0 Å². The van der Waals surface area contributed by atoms with Gasteiger partial charge in [-0.3, -0.25) is 37.3 Å². The van der Waals surface area contributed by atoms with Crippen LogP contribution in [0.5, 0.6) is 0 Å². The van der Waals surface area contributed by atoms with Gasteiger partial charge in [0, 0.05) is 25.7 Å². The summed E-state index contributed by atoms with van der Waals surface area (Å²) in [6, 6.07) is 0. The maximum atomic E-state index is 13.0. The van der Waals surface area contributed by atoms with Gasteiger partial charge in [-0.05, 0) is 31.6 Å². The third-order valence-corrected chi connectivity index (χ3v) is 17.9. The molecular formula is C69H134O17P2. The van der Waals surface area contributed by atoms with Crippen molar-refractivity contribution in [3.63, 3.8) is 0 Å². The topological polar surface area (TPSA) is 237 Å². The highest BCUT2D eigenvalue weighted by Gasteiger charge is 2.30. The molecule has 0 aliphatic carbocycles. The summed E-state index contributed by atoms with van der Waals surface area (Å²) in [4.78, 5) is 72.4. The lowest BCUT2D eigenvalue weighted by Gasteiger charge is -2.21. The molecule has 0 rings (SSSR count). The van der Waals surface area contributed by atoms with E-state index in [1.54, 1.807) is 0 Å². The van der Waals surface area contributed by atoms with E-state index in [1.807, 2.05) is 0 Å². The van der Waals surface area contributed by atoms with Crippen LogP contribution >= 0.6 is 15.6 Å². The first-order chi connectivity index (χ1) is 42.5. The van der Waals surface area contributed by atoms with Gasteiger partial charge in [-0.1, -0.05) is 304 Å². The van der Waals surface area contributed by atoms with Gasteiger partial charge in [-0.25, -0.2) is 9.13 Å². The Hall–Kier alpha value is -1.94. The lowest BCUT2D eigenvalue weighted by Crippen LogP contribution is -2.30. The van der Waals surface area contributed by atoms with E-state index in [0.717, 1.165) is 96.3 Å². The molecule has 0 aromatic rings. The van der Waals surface area contributed by atoms with Crippen LogP contribution in [0.15, 0.2) is 0 Å². The third kappa shape index (κ3) is 62.8. The minimum absolute atomic E-state index is 0.106. The van der Waals surface area contributed by atoms with E-state index in [4.69, 9.17) is 37.0 Å². The zero-order valence-electron chi connectivity index (χ0n) is 56.9. The first kappa shape index (κ1) is 86.1. The average molecular weight is 1300 g/mol. The van der Waals surface area contributed by atoms with Gasteiger partial charge in [-0.2, -0.15) is 0 Å². The largest absolute Gasteiger partial charge is 0.472 e. The number of hydrogen-bond acceptors (Lipinski definition) is 15. The van der Waals surface area contributed by atoms with Crippen molar-refractivity contribution in [2.24, 2.45) is 5.92 Å². The second kappa shape index (κ2) is 62.5. The highest BCUT2D eigenvalue weighted by Crippen LogP contribution is 2.45. The number of ether oxygens (including phenoxy) is 4. The predicted octanol–water partition coefficient (Wildman–Crippen LogP) is 19.7. The quantitative estimate of drug-likeness (QED) is 0.0222. The Morgan fingerprint density at radius 1 is 0.307 bits per heavy atom. The number of rotatable bonds is 69. The molecule has 0 fully saturated rings. The molecule has 0 aromatic heterocycles. The van der Waals surface area contributed by atoms with Crippen molar-refractivity contribution in [3.8, 4) is 0 Å². The zero-order chi connectivity index (χ0) is 64.9. The van der Waals surface area contributed by atoms with E-state index < -0.39 is 97.5 Å². The van der Waals surface area contributed by atoms with Crippen LogP contribution in [0.3, 0.4) is 0 Å². The van der Waals surface area contributed by atoms with Crippen molar-refractivity contribution in [2.75, 3.05) is 39.6 Å². The van der Waals surface area contributed by atoms with Crippen LogP contribution in [0.4, 0.5) is 0 Å². The van der Waals surface area contributed by atoms with Gasteiger partial charge in [0.2, 0.25) is 0 Å². The van der Waals surface area contributed by atoms with E-state index in [1.165, 1.54) is 173 Å². The molecular weight excluding hydrogens is 1160 g/mol. The second-order valence-electron chi connectivity index (χ2n) is 25.4. The number of aliphatic hydroxyl groups excluding tert-OH is 1. The Bertz CT molecular complexity index is 1700. The standard InChI is InChI=1S/C69H134O17P2/c1-6-9-12-15-18-21-24-26-27-28-29-32-35-38-45-50-55-69(74)85-64(58-79-66(71)52-47-42-36-33-31-25-22-19-16-13-10-7-2)60-83-87(75,76)81-56-63(70)57-82-88(77,78)84-61-65(59-80-67(72)53-48-43-40-39-41-46-51-62(4)5)86-68(73)54-49-44-37-34-30-23-20-17-14-11-8-3/h62-65,70H,6-61H2,1-5H3,(H,75,76)(H,77,78)/t63-,64-,65-/m1/s1. The summed E-state index contributed by atoms with van der Waals surface area (Å²) in [6.07, 6.45) is 48.6. The van der Waals surface area contributed by atoms with E-state index in [9.17, 15) is 43.2 Å². The minimum atomic E-state index is -4.95. The molecule has 0 aromatic carbocycles. The van der Waals surface area contributed by atoms with Crippen LogP contribution in [-0.2, 0) is 65.4 Å². The Kier molecular flexibility index (Phi) is 61.1. The van der Waals surface area contributed by atoms with Gasteiger partial charge in [0.25, 0.3) is 0 Å². The molecule has 0 heterocycles. The van der Waals surface area contributed by atoms with Crippen molar-refractivity contribution in [3.05, 3.63) is 0 Å². The van der Waals surface area contributed by atoms with Gasteiger partial charge >= 0.3 is 39.5 Å². The molecule has 88 heavy (non-hydrogen) atoms. The minimum Gasteiger partial charge on any atom is -0.462 e. The summed E-state index contributed by atoms with van der Waals surface area (Å²) >= 11 is 0. The van der Waals surface area contributed by atoms with Crippen molar-refractivity contribution < 1.29 is 80.2 Å². The summed E-state index contributed by atoms with van der Waals surface area (Å²) in [5.41, 5.74) is 0. The van der Waals surface area contributed by atoms with Gasteiger partial charge in [-0.15, -0.1) is 0 Å². The van der Waals surface area contributed by atoms with Crippen LogP contribution in [0.25, 0.3) is 0 Å². The van der Waals surface area contributed by atoms with E-state index in [2.05, 4.69) is 34.6 Å². The summed E-state index contributed by atoms with van der Waals surface area (Å²) in [6.45, 7) is 7.16. The molecule has 2 unspecified atom stereocenters. The van der Waals surface area contributed by atoms with Crippen molar-refractivity contribution in [1.82, 2.24) is 0 Å². The number of phosphoric ester groups is 2. The average Bonchev–Trinajstić information content (AvgIpc) is 3.70. The lowest BCUT2D eigenvalue weighted by atomic mass is 10.0. The number of aliphatic hydroxyl groups is 1. The molecule has 0 saturated carbocycles. The predicted molar refractivity (Wildman–Crippen MR) is 354 cm³/mol. The maximum absolute atomic E-state index is 13.0. The first-order valence-electron chi connectivity index (χ1n) is 36.1. The number of unbranched alkanes of at least 4 members (excludes halogenated alkanes) is 41. The SMILES string of the molecule is CCCCCCCCCCCCCCCCCCC(=O)O[C@H](COC(=O)CCCCCCCCCCCCCC)COP(=O)(O)OC[C@@H](O)COP(=O)(O)OC[C@@H](COC(=O)CCCCCCCCC(C)C)OC(=O)CCCCCCCCCCCCC. The molecule has 522 valence electrons. The molecule has 19 heteroatoms. The lowest BCUT2D eigenvalue weighted by molar-refractivity contribution is -0.161. The summed E-state index contributed by atoms with van der Waals surface area (Å²) in [5, 5.41) is 10.6. The summed E-state index contributed by atoms with van der Waals surface area (Å²) in [7, 11) is -9.89. The smallest absolute Gasteiger partial charge is 0.462 e. The van der Waals surface area contributed by atoms with Crippen molar-refractivity contribution in [1.29, 1.82) is 0 Å². The van der Waals surface area contributed by atoms with Crippen LogP contribution in [0, 0.1) is 5.92 Å². The van der Waals surface area contributed by atoms with Gasteiger partial charge in [0.15, 0.2) is 12.2 Å². The fourth-order valence-electron chi connectivity index (χ4n) is 10.5. The first-order valence-corrected chi connectivity index (χ1v) is 39.1. The molecule has 17 nitrogen and oxygen atoms in total. The van der Waals surface area contributed by atoms with E-state index in [-0.39, 0.29) is 25.7 Å². The number of carbonyl (C=O) groups is 4. The van der Waals surface area contributed by atoms with Crippen molar-refractivity contribution in [2.45, 2.75) is 374 Å². The molecule has 3 N–H and O–H groups in total. The van der Waals surface area contributed by atoms with Crippen LogP contribution in [-0.4, -0.2) is 96.7 Å². The van der Waals surface area contributed by atoms with Crippen LogP contribution < -0.4 is 0 Å². The van der Waals surface area contributed by atoms with Gasteiger partial charge in [0.05, 0.1) is 26.4 Å². The fraction of sp³-hybridized carbons (Fsp3) is 0.942. The number of phosphoric acid groups is 2.